The van der Waals surface area contributed by atoms with Crippen LogP contribution in [0.1, 0.15) is 12.8 Å². The Bertz CT molecular complexity index is 81.4. The zero-order valence-corrected chi connectivity index (χ0v) is 4.67. The monoisotopic (exact) mass is 117 g/mol. The van der Waals surface area contributed by atoms with Crippen molar-refractivity contribution in [2.45, 2.75) is 12.8 Å². The second-order valence-electron chi connectivity index (χ2n) is 1.48. The standard InChI is InChI=1S/C4H11N3O/c5-3-1-2-4(6)7-8/h8H,1-3,5H2,(H2,6,7). The Hall–Kier alpha value is -0.770. The molecule has 0 aliphatic carbocycles. The normalized spacial score (nSPS) is 11.9. The highest BCUT2D eigenvalue weighted by Crippen LogP contribution is 1.83. The quantitative estimate of drug-likeness (QED) is 0.201. The van der Waals surface area contributed by atoms with Crippen LogP contribution in [0.3, 0.4) is 0 Å². The van der Waals surface area contributed by atoms with Crippen LogP contribution in [-0.2, 0) is 0 Å². The van der Waals surface area contributed by atoms with E-state index in [2.05, 4.69) is 5.16 Å². The second kappa shape index (κ2) is 4.39. The number of nitrogens with zero attached hydrogens (tertiary/aromatic N) is 1. The maximum atomic E-state index is 7.98. The molecule has 0 radical (unpaired) electrons. The molecular weight excluding hydrogens is 106 g/mol. The van der Waals surface area contributed by atoms with Gasteiger partial charge in [-0.2, -0.15) is 0 Å². The van der Waals surface area contributed by atoms with Crippen molar-refractivity contribution in [1.82, 2.24) is 0 Å². The molecule has 0 aliphatic heterocycles. The van der Waals surface area contributed by atoms with Crippen LogP contribution in [0.4, 0.5) is 0 Å². The minimum Gasteiger partial charge on any atom is -0.409 e. The van der Waals surface area contributed by atoms with Crippen molar-refractivity contribution >= 4 is 5.84 Å². The summed E-state index contributed by atoms with van der Waals surface area (Å²) in [5.74, 6) is 0.246. The van der Waals surface area contributed by atoms with E-state index in [9.17, 15) is 0 Å². The van der Waals surface area contributed by atoms with Gasteiger partial charge in [0.25, 0.3) is 0 Å². The van der Waals surface area contributed by atoms with Gasteiger partial charge in [-0.3, -0.25) is 0 Å². The van der Waals surface area contributed by atoms with Crippen LogP contribution >= 0.6 is 0 Å². The lowest BCUT2D eigenvalue weighted by Gasteiger charge is -1.92. The van der Waals surface area contributed by atoms with E-state index in [1.165, 1.54) is 0 Å². The number of amidine groups is 1. The molecular formula is C4H11N3O. The molecule has 0 fully saturated rings. The fourth-order valence-corrected chi connectivity index (χ4v) is 0.333. The molecule has 0 saturated carbocycles. The molecule has 0 spiro atoms. The maximum Gasteiger partial charge on any atom is 0.139 e. The highest BCUT2D eigenvalue weighted by Gasteiger charge is 1.88. The molecule has 0 unspecified atom stereocenters. The zero-order valence-electron chi connectivity index (χ0n) is 4.67. The third-order valence-electron chi connectivity index (χ3n) is 0.765. The maximum absolute atomic E-state index is 7.98. The predicted molar refractivity (Wildman–Crippen MR) is 31.7 cm³/mol. The number of rotatable bonds is 3. The highest BCUT2D eigenvalue weighted by molar-refractivity contribution is 5.79. The van der Waals surface area contributed by atoms with Crippen molar-refractivity contribution in [1.29, 1.82) is 0 Å². The van der Waals surface area contributed by atoms with Gasteiger partial charge in [-0.15, -0.1) is 0 Å². The molecule has 0 aromatic heterocycles. The summed E-state index contributed by atoms with van der Waals surface area (Å²) >= 11 is 0. The Labute approximate surface area is 48.2 Å². The summed E-state index contributed by atoms with van der Waals surface area (Å²) < 4.78 is 0. The van der Waals surface area contributed by atoms with E-state index in [-0.39, 0.29) is 5.84 Å². The third kappa shape index (κ3) is 3.42. The summed E-state index contributed by atoms with van der Waals surface area (Å²) in [5.41, 5.74) is 10.2. The van der Waals surface area contributed by atoms with E-state index < -0.39 is 0 Å². The Balaban J connectivity index is 3.12. The van der Waals surface area contributed by atoms with Crippen molar-refractivity contribution in [3.63, 3.8) is 0 Å². The van der Waals surface area contributed by atoms with Crippen molar-refractivity contribution in [2.24, 2.45) is 16.6 Å². The molecule has 48 valence electrons. The number of hydrogen-bond donors (Lipinski definition) is 3. The first kappa shape index (κ1) is 7.23. The van der Waals surface area contributed by atoms with Gasteiger partial charge in [0, 0.05) is 6.42 Å². The van der Waals surface area contributed by atoms with Crippen molar-refractivity contribution in [2.75, 3.05) is 6.54 Å². The summed E-state index contributed by atoms with van der Waals surface area (Å²) in [6.45, 7) is 0.580. The predicted octanol–water partition coefficient (Wildman–Crippen LogP) is -0.528. The molecule has 0 saturated heterocycles. The molecule has 8 heavy (non-hydrogen) atoms. The summed E-state index contributed by atoms with van der Waals surface area (Å²) in [7, 11) is 0. The molecule has 0 rings (SSSR count). The van der Waals surface area contributed by atoms with E-state index >= 15 is 0 Å². The molecule has 4 nitrogen and oxygen atoms in total. The van der Waals surface area contributed by atoms with E-state index in [0.29, 0.717) is 13.0 Å². The van der Waals surface area contributed by atoms with Crippen LogP contribution in [0.25, 0.3) is 0 Å². The molecule has 0 atom stereocenters. The van der Waals surface area contributed by atoms with Crippen molar-refractivity contribution < 1.29 is 5.21 Å². The summed E-state index contributed by atoms with van der Waals surface area (Å²) in [6.07, 6.45) is 1.35. The highest BCUT2D eigenvalue weighted by atomic mass is 16.4. The van der Waals surface area contributed by atoms with Crippen molar-refractivity contribution in [3.8, 4) is 0 Å². The minimum absolute atomic E-state index is 0.246. The SMILES string of the molecule is NCCC/C(N)=N/O. The van der Waals surface area contributed by atoms with E-state index in [4.69, 9.17) is 16.7 Å². The average molecular weight is 117 g/mol. The van der Waals surface area contributed by atoms with E-state index in [1.807, 2.05) is 0 Å². The first-order chi connectivity index (χ1) is 3.81. The number of nitrogens with two attached hydrogens (primary N) is 2. The van der Waals surface area contributed by atoms with E-state index in [1.54, 1.807) is 0 Å². The van der Waals surface area contributed by atoms with Gasteiger partial charge in [-0.25, -0.2) is 0 Å². The molecule has 0 bridgehead atoms. The van der Waals surface area contributed by atoms with Crippen LogP contribution in [0, 0.1) is 0 Å². The van der Waals surface area contributed by atoms with Crippen LogP contribution in [0.15, 0.2) is 5.16 Å². The van der Waals surface area contributed by atoms with Crippen LogP contribution < -0.4 is 11.5 Å². The van der Waals surface area contributed by atoms with Gasteiger partial charge in [-0.05, 0) is 13.0 Å². The minimum atomic E-state index is 0.246. The summed E-state index contributed by atoms with van der Waals surface area (Å²) in [4.78, 5) is 0. The molecule has 0 heterocycles. The van der Waals surface area contributed by atoms with E-state index in [0.717, 1.165) is 6.42 Å². The lowest BCUT2D eigenvalue weighted by molar-refractivity contribution is 0.316. The van der Waals surface area contributed by atoms with Gasteiger partial charge in [-0.1, -0.05) is 5.16 Å². The Morgan fingerprint density at radius 3 is 2.62 bits per heavy atom. The number of hydrogen-bond acceptors (Lipinski definition) is 3. The summed E-state index contributed by atoms with van der Waals surface area (Å²) in [5, 5.41) is 10.7. The Morgan fingerprint density at radius 1 is 1.62 bits per heavy atom. The third-order valence-corrected chi connectivity index (χ3v) is 0.765. The van der Waals surface area contributed by atoms with Gasteiger partial charge >= 0.3 is 0 Å². The lowest BCUT2D eigenvalue weighted by Crippen LogP contribution is -2.13. The molecule has 5 N–H and O–H groups in total. The topological polar surface area (TPSA) is 84.6 Å². The number of oxime groups is 1. The zero-order chi connectivity index (χ0) is 6.41. The smallest absolute Gasteiger partial charge is 0.139 e. The Morgan fingerprint density at radius 2 is 2.25 bits per heavy atom. The summed E-state index contributed by atoms with van der Waals surface area (Å²) in [6, 6.07) is 0. The first-order valence-electron chi connectivity index (χ1n) is 2.47. The van der Waals surface area contributed by atoms with Crippen LogP contribution in [0.5, 0.6) is 0 Å². The van der Waals surface area contributed by atoms with Crippen LogP contribution in [0.2, 0.25) is 0 Å². The largest absolute Gasteiger partial charge is 0.409 e. The molecule has 0 aromatic carbocycles. The molecule has 0 aromatic rings. The van der Waals surface area contributed by atoms with Gasteiger partial charge in [0.05, 0.1) is 0 Å². The molecule has 0 amide bonds. The molecule has 4 heteroatoms. The van der Waals surface area contributed by atoms with Crippen LogP contribution in [-0.4, -0.2) is 17.6 Å². The lowest BCUT2D eigenvalue weighted by atomic mass is 10.3. The second-order valence-corrected chi connectivity index (χ2v) is 1.48. The van der Waals surface area contributed by atoms with Crippen molar-refractivity contribution in [3.05, 3.63) is 0 Å². The molecule has 0 aliphatic rings. The van der Waals surface area contributed by atoms with Gasteiger partial charge in [0.1, 0.15) is 5.84 Å². The fourth-order valence-electron chi connectivity index (χ4n) is 0.333. The first-order valence-corrected chi connectivity index (χ1v) is 2.47. The fraction of sp³-hybridized carbons (Fsp3) is 0.750. The van der Waals surface area contributed by atoms with Gasteiger partial charge in [0.2, 0.25) is 0 Å². The Kier molecular flexibility index (Phi) is 3.97. The average Bonchev–Trinajstić information content (AvgIpc) is 1.83. The van der Waals surface area contributed by atoms with Gasteiger partial charge < -0.3 is 16.7 Å². The van der Waals surface area contributed by atoms with Gasteiger partial charge in [0.15, 0.2) is 0 Å².